The van der Waals surface area contributed by atoms with Crippen molar-refractivity contribution in [1.82, 2.24) is 9.55 Å². The number of hydrogen-bond acceptors (Lipinski definition) is 4. The van der Waals surface area contributed by atoms with Gasteiger partial charge in [-0.3, -0.25) is 9.36 Å². The lowest BCUT2D eigenvalue weighted by Crippen LogP contribution is -2.21. The van der Waals surface area contributed by atoms with Crippen molar-refractivity contribution in [2.45, 2.75) is 6.42 Å². The first-order valence-electron chi connectivity index (χ1n) is 7.62. The van der Waals surface area contributed by atoms with Gasteiger partial charge in [-0.05, 0) is 28.8 Å². The number of nitrogen functional groups attached to an aromatic ring is 1. The van der Waals surface area contributed by atoms with Gasteiger partial charge >= 0.3 is 0 Å². The zero-order valence-electron chi connectivity index (χ0n) is 13.7. The Morgan fingerprint density at radius 1 is 1.08 bits per heavy atom. The van der Waals surface area contributed by atoms with E-state index in [1.807, 2.05) is 42.5 Å². The highest BCUT2D eigenvalue weighted by atomic mass is 16.5. The SMILES string of the molecule is COc1cccc(-c2cccc(Cc3cc(=O)n(C)c(N)n3)c2)c1. The van der Waals surface area contributed by atoms with Crippen molar-refractivity contribution in [1.29, 1.82) is 0 Å². The minimum atomic E-state index is -0.151. The van der Waals surface area contributed by atoms with E-state index < -0.39 is 0 Å². The van der Waals surface area contributed by atoms with Crippen molar-refractivity contribution in [2.24, 2.45) is 7.05 Å². The van der Waals surface area contributed by atoms with E-state index in [9.17, 15) is 4.79 Å². The predicted molar refractivity (Wildman–Crippen MR) is 95.1 cm³/mol. The lowest BCUT2D eigenvalue weighted by Gasteiger charge is -2.08. The second-order valence-electron chi connectivity index (χ2n) is 5.61. The fraction of sp³-hybridized carbons (Fsp3) is 0.158. The summed E-state index contributed by atoms with van der Waals surface area (Å²) in [5.41, 5.74) is 9.51. The maximum atomic E-state index is 11.8. The molecule has 0 saturated carbocycles. The second-order valence-corrected chi connectivity index (χ2v) is 5.61. The number of hydrogen-bond donors (Lipinski definition) is 1. The van der Waals surface area contributed by atoms with E-state index in [-0.39, 0.29) is 11.5 Å². The van der Waals surface area contributed by atoms with Crippen LogP contribution >= 0.6 is 0 Å². The van der Waals surface area contributed by atoms with Crippen LogP contribution in [0.5, 0.6) is 5.75 Å². The van der Waals surface area contributed by atoms with Crippen molar-refractivity contribution in [2.75, 3.05) is 12.8 Å². The summed E-state index contributed by atoms with van der Waals surface area (Å²) in [4.78, 5) is 16.1. The highest BCUT2D eigenvalue weighted by molar-refractivity contribution is 5.65. The Kier molecular flexibility index (Phi) is 4.33. The van der Waals surface area contributed by atoms with Crippen LogP contribution < -0.4 is 16.0 Å². The summed E-state index contributed by atoms with van der Waals surface area (Å²) in [6.07, 6.45) is 0.554. The molecule has 0 bridgehead atoms. The van der Waals surface area contributed by atoms with E-state index in [2.05, 4.69) is 11.1 Å². The lowest BCUT2D eigenvalue weighted by atomic mass is 10.0. The smallest absolute Gasteiger partial charge is 0.254 e. The Morgan fingerprint density at radius 3 is 2.50 bits per heavy atom. The predicted octanol–water partition coefficient (Wildman–Crippen LogP) is 2.63. The average molecular weight is 321 g/mol. The molecule has 2 N–H and O–H groups in total. The van der Waals surface area contributed by atoms with Crippen LogP contribution in [0.25, 0.3) is 11.1 Å². The number of rotatable bonds is 4. The molecular weight excluding hydrogens is 302 g/mol. The van der Waals surface area contributed by atoms with Crippen LogP contribution in [-0.4, -0.2) is 16.7 Å². The van der Waals surface area contributed by atoms with E-state index >= 15 is 0 Å². The maximum absolute atomic E-state index is 11.8. The Balaban J connectivity index is 1.92. The van der Waals surface area contributed by atoms with Gasteiger partial charge < -0.3 is 10.5 Å². The third-order valence-electron chi connectivity index (χ3n) is 3.94. The van der Waals surface area contributed by atoms with Crippen molar-refractivity contribution < 1.29 is 4.74 Å². The standard InChI is InChI=1S/C19H19N3O2/c1-22-18(23)12-16(21-19(22)20)10-13-5-3-6-14(9-13)15-7-4-8-17(11-15)24-2/h3-9,11-12H,10H2,1-2H3,(H2,20,21). The zero-order chi connectivity index (χ0) is 17.1. The van der Waals surface area contributed by atoms with Crippen LogP contribution in [0.4, 0.5) is 5.95 Å². The molecule has 0 unspecified atom stereocenters. The van der Waals surface area contributed by atoms with Crippen LogP contribution in [0.2, 0.25) is 0 Å². The quantitative estimate of drug-likeness (QED) is 0.802. The summed E-state index contributed by atoms with van der Waals surface area (Å²) >= 11 is 0. The normalized spacial score (nSPS) is 10.6. The maximum Gasteiger partial charge on any atom is 0.254 e. The van der Waals surface area contributed by atoms with Crippen LogP contribution in [0, 0.1) is 0 Å². The van der Waals surface area contributed by atoms with Crippen LogP contribution in [-0.2, 0) is 13.5 Å². The van der Waals surface area contributed by atoms with Gasteiger partial charge in [0, 0.05) is 19.5 Å². The number of anilines is 1. The van der Waals surface area contributed by atoms with Gasteiger partial charge in [-0.2, -0.15) is 0 Å². The van der Waals surface area contributed by atoms with Crippen molar-refractivity contribution in [3.63, 3.8) is 0 Å². The third kappa shape index (κ3) is 3.30. The average Bonchev–Trinajstić information content (AvgIpc) is 2.60. The van der Waals surface area contributed by atoms with Gasteiger partial charge in [0.1, 0.15) is 5.75 Å². The molecule has 0 amide bonds. The summed E-state index contributed by atoms with van der Waals surface area (Å²) in [7, 11) is 3.26. The monoisotopic (exact) mass is 321 g/mol. The first kappa shape index (κ1) is 15.8. The summed E-state index contributed by atoms with van der Waals surface area (Å²) in [5, 5.41) is 0. The van der Waals surface area contributed by atoms with E-state index in [1.165, 1.54) is 10.6 Å². The largest absolute Gasteiger partial charge is 0.497 e. The number of benzene rings is 2. The van der Waals surface area contributed by atoms with Gasteiger partial charge in [0.05, 0.1) is 12.8 Å². The summed E-state index contributed by atoms with van der Waals surface area (Å²) in [6.45, 7) is 0. The molecule has 122 valence electrons. The molecular formula is C19H19N3O2. The minimum absolute atomic E-state index is 0.151. The molecule has 1 aromatic heterocycles. The van der Waals surface area contributed by atoms with E-state index in [4.69, 9.17) is 10.5 Å². The number of aromatic nitrogens is 2. The molecule has 24 heavy (non-hydrogen) atoms. The highest BCUT2D eigenvalue weighted by Gasteiger charge is 2.06. The first-order chi connectivity index (χ1) is 11.6. The molecule has 1 heterocycles. The Morgan fingerprint density at radius 2 is 1.79 bits per heavy atom. The van der Waals surface area contributed by atoms with Crippen molar-refractivity contribution in [3.8, 4) is 16.9 Å². The van der Waals surface area contributed by atoms with Gasteiger partial charge in [-0.25, -0.2) is 4.98 Å². The molecule has 3 aromatic rings. The molecule has 5 heteroatoms. The highest BCUT2D eigenvalue weighted by Crippen LogP contribution is 2.25. The van der Waals surface area contributed by atoms with Gasteiger partial charge in [-0.1, -0.05) is 36.4 Å². The summed E-state index contributed by atoms with van der Waals surface area (Å²) < 4.78 is 6.61. The van der Waals surface area contributed by atoms with Crippen LogP contribution in [0.3, 0.4) is 0 Å². The van der Waals surface area contributed by atoms with Gasteiger partial charge in [0.15, 0.2) is 0 Å². The molecule has 0 fully saturated rings. The molecule has 2 aromatic carbocycles. The van der Waals surface area contributed by atoms with Crippen LogP contribution in [0.15, 0.2) is 59.4 Å². The number of ether oxygens (including phenoxy) is 1. The molecule has 0 spiro atoms. The van der Waals surface area contributed by atoms with Gasteiger partial charge in [0.25, 0.3) is 5.56 Å². The topological polar surface area (TPSA) is 70.1 Å². The number of nitrogens with zero attached hydrogens (tertiary/aromatic N) is 2. The fourth-order valence-electron chi connectivity index (χ4n) is 2.57. The third-order valence-corrected chi connectivity index (χ3v) is 3.94. The van der Waals surface area contributed by atoms with E-state index in [0.29, 0.717) is 12.1 Å². The summed E-state index contributed by atoms with van der Waals surface area (Å²) in [5.74, 6) is 1.04. The Bertz CT molecular complexity index is 932. The number of nitrogens with two attached hydrogens (primary N) is 1. The van der Waals surface area contributed by atoms with Crippen molar-refractivity contribution >= 4 is 5.95 Å². The van der Waals surface area contributed by atoms with Gasteiger partial charge in [-0.15, -0.1) is 0 Å². The molecule has 5 nitrogen and oxygen atoms in total. The number of methoxy groups -OCH3 is 1. The van der Waals surface area contributed by atoms with Crippen LogP contribution in [0.1, 0.15) is 11.3 Å². The molecule has 0 atom stereocenters. The van der Waals surface area contributed by atoms with Gasteiger partial charge in [0.2, 0.25) is 5.95 Å². The van der Waals surface area contributed by atoms with E-state index in [1.54, 1.807) is 14.2 Å². The molecule has 0 saturated heterocycles. The van der Waals surface area contributed by atoms with Crippen molar-refractivity contribution in [3.05, 3.63) is 76.2 Å². The Labute approximate surface area is 140 Å². The second kappa shape index (κ2) is 6.58. The fourth-order valence-corrected chi connectivity index (χ4v) is 2.57. The minimum Gasteiger partial charge on any atom is -0.497 e. The molecule has 0 aliphatic rings. The first-order valence-corrected chi connectivity index (χ1v) is 7.62. The molecule has 3 rings (SSSR count). The zero-order valence-corrected chi connectivity index (χ0v) is 13.7. The van der Waals surface area contributed by atoms with E-state index in [0.717, 1.165) is 22.4 Å². The lowest BCUT2D eigenvalue weighted by molar-refractivity contribution is 0.415. The molecule has 0 radical (unpaired) electrons. The summed E-state index contributed by atoms with van der Waals surface area (Å²) in [6, 6.07) is 17.6. The Hall–Kier alpha value is -3.08. The molecule has 0 aliphatic heterocycles. The molecule has 0 aliphatic carbocycles.